The van der Waals surface area contributed by atoms with Crippen LogP contribution in [0.15, 0.2) is 60.0 Å². The van der Waals surface area contributed by atoms with Gasteiger partial charge in [0.25, 0.3) is 0 Å². The highest BCUT2D eigenvalue weighted by molar-refractivity contribution is 7.92. The third-order valence-corrected chi connectivity index (χ3v) is 6.39. The van der Waals surface area contributed by atoms with Crippen LogP contribution in [-0.4, -0.2) is 68.2 Å². The number of piperazine rings is 1. The van der Waals surface area contributed by atoms with Crippen molar-refractivity contribution in [1.82, 2.24) is 9.21 Å². The number of nitrogens with zero attached hydrogens (tertiary/aromatic N) is 2. The van der Waals surface area contributed by atoms with Gasteiger partial charge in [0.1, 0.15) is 18.5 Å². The number of ether oxygens (including phenoxy) is 1. The van der Waals surface area contributed by atoms with Crippen molar-refractivity contribution in [2.75, 3.05) is 39.3 Å². The molecule has 0 unspecified atom stereocenters. The van der Waals surface area contributed by atoms with Crippen LogP contribution in [-0.2, 0) is 10.0 Å². The molecule has 29 heavy (non-hydrogen) atoms. The molecule has 0 saturated carbocycles. The highest BCUT2D eigenvalue weighted by Gasteiger charge is 2.26. The Labute approximate surface area is 173 Å². The van der Waals surface area contributed by atoms with E-state index >= 15 is 0 Å². The van der Waals surface area contributed by atoms with Crippen LogP contribution in [0, 0.1) is 6.92 Å². The number of aryl methyl sites for hydroxylation is 1. The van der Waals surface area contributed by atoms with E-state index in [1.165, 1.54) is 9.71 Å². The molecule has 1 aliphatic heterocycles. The minimum Gasteiger partial charge on any atom is -0.491 e. The Balaban J connectivity index is 1.44. The first kappa shape index (κ1) is 21.5. The summed E-state index contributed by atoms with van der Waals surface area (Å²) in [5.41, 5.74) is 1.96. The van der Waals surface area contributed by atoms with E-state index in [2.05, 4.69) is 4.90 Å². The van der Waals surface area contributed by atoms with Gasteiger partial charge in [-0.2, -0.15) is 4.31 Å². The number of β-amino-alcohol motifs (C(OH)–C–C–N with tert-alkyl or cyclic N) is 1. The first-order chi connectivity index (χ1) is 13.9. The van der Waals surface area contributed by atoms with Crippen molar-refractivity contribution in [1.29, 1.82) is 0 Å². The normalized spacial score (nSPS) is 17.4. The molecule has 1 atom stereocenters. The number of aliphatic hydroxyl groups is 1. The van der Waals surface area contributed by atoms with Gasteiger partial charge in [-0.25, -0.2) is 8.42 Å². The highest BCUT2D eigenvalue weighted by Crippen LogP contribution is 2.14. The molecule has 0 bridgehead atoms. The van der Waals surface area contributed by atoms with Crippen molar-refractivity contribution in [2.45, 2.75) is 13.0 Å². The Morgan fingerprint density at radius 2 is 1.79 bits per heavy atom. The van der Waals surface area contributed by atoms with E-state index in [0.29, 0.717) is 32.7 Å². The lowest BCUT2D eigenvalue weighted by molar-refractivity contribution is 0.0570. The molecule has 156 valence electrons. The first-order valence-corrected chi connectivity index (χ1v) is 11.3. The van der Waals surface area contributed by atoms with Gasteiger partial charge in [0.05, 0.1) is 0 Å². The molecule has 0 aliphatic carbocycles. The van der Waals surface area contributed by atoms with E-state index in [1.54, 1.807) is 6.08 Å². The van der Waals surface area contributed by atoms with E-state index in [1.807, 2.05) is 61.5 Å². The first-order valence-electron chi connectivity index (χ1n) is 9.75. The van der Waals surface area contributed by atoms with Crippen molar-refractivity contribution >= 4 is 16.1 Å². The molecular formula is C22H28N2O4S. The molecule has 1 saturated heterocycles. The Morgan fingerprint density at radius 1 is 1.07 bits per heavy atom. The van der Waals surface area contributed by atoms with Gasteiger partial charge in [-0.1, -0.05) is 42.5 Å². The minimum atomic E-state index is -3.44. The second kappa shape index (κ2) is 10.0. The molecule has 3 rings (SSSR count). The molecule has 7 heteroatoms. The molecule has 1 heterocycles. The van der Waals surface area contributed by atoms with E-state index in [-0.39, 0.29) is 6.61 Å². The number of rotatable bonds is 8. The fourth-order valence-corrected chi connectivity index (χ4v) is 4.40. The average Bonchev–Trinajstić information content (AvgIpc) is 2.72. The summed E-state index contributed by atoms with van der Waals surface area (Å²) in [6, 6.07) is 17.1. The number of sulfonamides is 1. The van der Waals surface area contributed by atoms with Crippen LogP contribution in [0.3, 0.4) is 0 Å². The van der Waals surface area contributed by atoms with Gasteiger partial charge in [-0.05, 0) is 36.3 Å². The largest absolute Gasteiger partial charge is 0.491 e. The molecule has 0 aromatic heterocycles. The highest BCUT2D eigenvalue weighted by atomic mass is 32.2. The zero-order valence-corrected chi connectivity index (χ0v) is 17.5. The molecule has 6 nitrogen and oxygen atoms in total. The van der Waals surface area contributed by atoms with Gasteiger partial charge < -0.3 is 9.84 Å². The monoisotopic (exact) mass is 416 g/mol. The van der Waals surface area contributed by atoms with Crippen molar-refractivity contribution in [2.24, 2.45) is 0 Å². The SMILES string of the molecule is Cc1cccc(OC[C@@H](O)CN2CCN(S(=O)(=O)/C=C\c3ccccc3)CC2)c1. The van der Waals surface area contributed by atoms with Crippen LogP contribution in [0.5, 0.6) is 5.75 Å². The predicted octanol–water partition coefficient (Wildman–Crippen LogP) is 2.35. The van der Waals surface area contributed by atoms with E-state index < -0.39 is 16.1 Å². The number of benzene rings is 2. The summed E-state index contributed by atoms with van der Waals surface area (Å²) >= 11 is 0. The Morgan fingerprint density at radius 3 is 2.48 bits per heavy atom. The summed E-state index contributed by atoms with van der Waals surface area (Å²) in [7, 11) is -3.44. The molecule has 2 aromatic rings. The quantitative estimate of drug-likeness (QED) is 0.715. The van der Waals surface area contributed by atoms with Crippen LogP contribution >= 0.6 is 0 Å². The van der Waals surface area contributed by atoms with E-state index in [4.69, 9.17) is 4.74 Å². The number of aliphatic hydroxyl groups excluding tert-OH is 1. The topological polar surface area (TPSA) is 70.1 Å². The Kier molecular flexibility index (Phi) is 7.44. The molecule has 0 spiro atoms. The maximum atomic E-state index is 12.5. The maximum Gasteiger partial charge on any atom is 0.236 e. The maximum absolute atomic E-state index is 12.5. The zero-order valence-electron chi connectivity index (χ0n) is 16.6. The molecule has 1 N–H and O–H groups in total. The summed E-state index contributed by atoms with van der Waals surface area (Å²) in [5, 5.41) is 11.5. The number of hydrogen-bond acceptors (Lipinski definition) is 5. The molecule has 1 aliphatic rings. The second-order valence-electron chi connectivity index (χ2n) is 7.24. The van der Waals surface area contributed by atoms with E-state index in [0.717, 1.165) is 16.9 Å². The second-order valence-corrected chi connectivity index (χ2v) is 9.06. The summed E-state index contributed by atoms with van der Waals surface area (Å²) in [6.07, 6.45) is 0.991. The van der Waals surface area contributed by atoms with Gasteiger partial charge in [0.15, 0.2) is 0 Å². The van der Waals surface area contributed by atoms with Gasteiger partial charge in [0.2, 0.25) is 10.0 Å². The molecule has 2 aromatic carbocycles. The van der Waals surface area contributed by atoms with Crippen LogP contribution in [0.25, 0.3) is 6.08 Å². The lowest BCUT2D eigenvalue weighted by atomic mass is 10.2. The van der Waals surface area contributed by atoms with Crippen LogP contribution < -0.4 is 4.74 Å². The van der Waals surface area contributed by atoms with Crippen LogP contribution in [0.4, 0.5) is 0 Å². The summed E-state index contributed by atoms with van der Waals surface area (Å²) in [5.74, 6) is 0.741. The fourth-order valence-electron chi connectivity index (χ4n) is 3.23. The Hall–Kier alpha value is -2.19. The van der Waals surface area contributed by atoms with Crippen molar-refractivity contribution in [3.8, 4) is 5.75 Å². The summed E-state index contributed by atoms with van der Waals surface area (Å²) < 4.78 is 32.2. The van der Waals surface area contributed by atoms with Crippen molar-refractivity contribution in [3.05, 3.63) is 71.1 Å². The van der Waals surface area contributed by atoms with E-state index in [9.17, 15) is 13.5 Å². The van der Waals surface area contributed by atoms with Crippen LogP contribution in [0.1, 0.15) is 11.1 Å². The summed E-state index contributed by atoms with van der Waals surface area (Å²) in [6.45, 7) is 4.65. The van der Waals surface area contributed by atoms with Crippen LogP contribution in [0.2, 0.25) is 0 Å². The third-order valence-electron chi connectivity index (χ3n) is 4.82. The Bertz CT molecular complexity index is 907. The van der Waals surface area contributed by atoms with Crippen molar-refractivity contribution in [3.63, 3.8) is 0 Å². The standard InChI is InChI=1S/C22H28N2O4S/c1-19-6-5-9-22(16-19)28-18-21(25)17-23-11-13-24(14-12-23)29(26,27)15-10-20-7-3-2-4-8-20/h2-10,15-16,21,25H,11-14,17-18H2,1H3/b15-10-/t21-/m0/s1. The van der Waals surface area contributed by atoms with Gasteiger partial charge >= 0.3 is 0 Å². The third kappa shape index (κ3) is 6.68. The molecular weight excluding hydrogens is 388 g/mol. The van der Waals surface area contributed by atoms with Gasteiger partial charge in [-0.15, -0.1) is 0 Å². The molecule has 0 amide bonds. The van der Waals surface area contributed by atoms with Crippen molar-refractivity contribution < 1.29 is 18.3 Å². The predicted molar refractivity (Wildman–Crippen MR) is 115 cm³/mol. The fraction of sp³-hybridized carbons (Fsp3) is 0.364. The summed E-state index contributed by atoms with van der Waals surface area (Å²) in [4.78, 5) is 2.07. The number of hydrogen-bond donors (Lipinski definition) is 1. The smallest absolute Gasteiger partial charge is 0.236 e. The minimum absolute atomic E-state index is 0.210. The van der Waals surface area contributed by atoms with Gasteiger partial charge in [0, 0.05) is 38.1 Å². The zero-order chi connectivity index (χ0) is 20.7. The average molecular weight is 417 g/mol. The van der Waals surface area contributed by atoms with Gasteiger partial charge in [-0.3, -0.25) is 4.90 Å². The molecule has 0 radical (unpaired) electrons. The lowest BCUT2D eigenvalue weighted by Gasteiger charge is -2.34. The molecule has 1 fully saturated rings. The lowest BCUT2D eigenvalue weighted by Crippen LogP contribution is -2.50.